The molecule has 0 saturated heterocycles. The van der Waals surface area contributed by atoms with Gasteiger partial charge in [0.15, 0.2) is 5.76 Å². The lowest BCUT2D eigenvalue weighted by atomic mass is 9.84. The summed E-state index contributed by atoms with van der Waals surface area (Å²) in [4.78, 5) is 29.3. The number of esters is 1. The van der Waals surface area contributed by atoms with Crippen LogP contribution in [0.4, 0.5) is 0 Å². The van der Waals surface area contributed by atoms with Crippen molar-refractivity contribution < 1.29 is 23.8 Å². The molecule has 0 N–H and O–H groups in total. The highest BCUT2D eigenvalue weighted by atomic mass is 16.5. The molecule has 0 amide bonds. The SMILES string of the molecule is CC(C)=C1Oc2c(ccc3c2C(c2cccc(OCc4cccnc4)c2)CC(=O)O3)C1=O. The van der Waals surface area contributed by atoms with E-state index in [0.29, 0.717) is 35.2 Å². The molecule has 0 bridgehead atoms. The average molecular weight is 427 g/mol. The molecule has 0 fully saturated rings. The summed E-state index contributed by atoms with van der Waals surface area (Å²) in [5.41, 5.74) is 3.86. The maximum atomic E-state index is 12.8. The van der Waals surface area contributed by atoms with Gasteiger partial charge in [0.1, 0.15) is 23.9 Å². The number of carbonyl (C=O) groups excluding carboxylic acids is 2. The van der Waals surface area contributed by atoms with E-state index in [9.17, 15) is 9.59 Å². The zero-order valence-corrected chi connectivity index (χ0v) is 17.8. The van der Waals surface area contributed by atoms with E-state index in [1.807, 2.05) is 50.2 Å². The molecule has 2 aliphatic heterocycles. The Morgan fingerprint density at radius 3 is 2.75 bits per heavy atom. The maximum absolute atomic E-state index is 12.8. The van der Waals surface area contributed by atoms with Crippen molar-refractivity contribution in [3.05, 3.63) is 94.5 Å². The molecule has 2 aliphatic rings. The van der Waals surface area contributed by atoms with Gasteiger partial charge in [-0.25, -0.2) is 0 Å². The fourth-order valence-corrected chi connectivity index (χ4v) is 4.08. The fraction of sp³-hybridized carbons (Fsp3) is 0.192. The van der Waals surface area contributed by atoms with Crippen molar-refractivity contribution in [1.29, 1.82) is 0 Å². The second-order valence-electron chi connectivity index (χ2n) is 8.07. The first-order chi connectivity index (χ1) is 15.5. The van der Waals surface area contributed by atoms with Gasteiger partial charge in [-0.15, -0.1) is 0 Å². The average Bonchev–Trinajstić information content (AvgIpc) is 3.15. The minimum absolute atomic E-state index is 0.146. The van der Waals surface area contributed by atoms with Gasteiger partial charge in [0, 0.05) is 29.4 Å². The number of hydrogen-bond donors (Lipinski definition) is 0. The number of rotatable bonds is 4. The van der Waals surface area contributed by atoms with Crippen LogP contribution in [0.1, 0.15) is 53.2 Å². The van der Waals surface area contributed by atoms with Gasteiger partial charge in [-0.05, 0) is 55.3 Å². The van der Waals surface area contributed by atoms with E-state index < -0.39 is 0 Å². The fourth-order valence-electron chi connectivity index (χ4n) is 4.08. The molecule has 160 valence electrons. The van der Waals surface area contributed by atoms with Crippen molar-refractivity contribution in [2.75, 3.05) is 0 Å². The molecule has 0 radical (unpaired) electrons. The molecule has 6 nitrogen and oxygen atoms in total. The number of hydrogen-bond acceptors (Lipinski definition) is 6. The summed E-state index contributed by atoms with van der Waals surface area (Å²) in [7, 11) is 0. The minimum atomic E-state index is -0.323. The number of fused-ring (bicyclic) bond motifs is 3. The number of aromatic nitrogens is 1. The number of allylic oxidation sites excluding steroid dienone is 2. The Morgan fingerprint density at radius 2 is 1.97 bits per heavy atom. The Balaban J connectivity index is 1.52. The molecule has 2 aromatic carbocycles. The third-order valence-corrected chi connectivity index (χ3v) is 5.60. The number of carbonyl (C=O) groups is 2. The molecule has 0 saturated carbocycles. The van der Waals surface area contributed by atoms with E-state index in [2.05, 4.69) is 4.98 Å². The summed E-state index contributed by atoms with van der Waals surface area (Å²) < 4.78 is 17.4. The Bertz CT molecular complexity index is 1260. The van der Waals surface area contributed by atoms with Crippen LogP contribution in [0.2, 0.25) is 0 Å². The van der Waals surface area contributed by atoms with Gasteiger partial charge in [-0.3, -0.25) is 14.6 Å². The van der Waals surface area contributed by atoms with Crippen LogP contribution in [0, 0.1) is 0 Å². The van der Waals surface area contributed by atoms with Crippen LogP contribution < -0.4 is 14.2 Å². The molecule has 6 heteroatoms. The number of nitrogens with zero attached hydrogens (tertiary/aromatic N) is 1. The van der Waals surface area contributed by atoms with Crippen LogP contribution in [0.15, 0.2) is 72.3 Å². The van der Waals surface area contributed by atoms with E-state index in [-0.39, 0.29) is 24.1 Å². The predicted molar refractivity (Wildman–Crippen MR) is 117 cm³/mol. The van der Waals surface area contributed by atoms with Crippen LogP contribution >= 0.6 is 0 Å². The van der Waals surface area contributed by atoms with Crippen molar-refractivity contribution in [1.82, 2.24) is 4.98 Å². The molecular formula is C26H21NO5. The third-order valence-electron chi connectivity index (χ3n) is 5.60. The number of Topliss-reactive ketones (excluding diaryl/α,β-unsaturated/α-hetero) is 1. The Morgan fingerprint density at radius 1 is 1.09 bits per heavy atom. The summed E-state index contributed by atoms with van der Waals surface area (Å²) in [5, 5.41) is 0. The van der Waals surface area contributed by atoms with E-state index >= 15 is 0 Å². The van der Waals surface area contributed by atoms with Gasteiger partial charge < -0.3 is 14.2 Å². The number of benzene rings is 2. The largest absolute Gasteiger partial charge is 0.489 e. The molecule has 32 heavy (non-hydrogen) atoms. The summed E-state index contributed by atoms with van der Waals surface area (Å²) >= 11 is 0. The van der Waals surface area contributed by atoms with Crippen LogP contribution in [0.3, 0.4) is 0 Å². The first kappa shape index (κ1) is 20.0. The smallest absolute Gasteiger partial charge is 0.312 e. The second-order valence-corrected chi connectivity index (χ2v) is 8.07. The van der Waals surface area contributed by atoms with Gasteiger partial charge in [0.25, 0.3) is 0 Å². The molecule has 1 atom stereocenters. The second kappa shape index (κ2) is 7.96. The van der Waals surface area contributed by atoms with Gasteiger partial charge in [0.2, 0.25) is 5.78 Å². The van der Waals surface area contributed by atoms with E-state index in [0.717, 1.165) is 22.3 Å². The highest BCUT2D eigenvalue weighted by Crippen LogP contribution is 2.49. The highest BCUT2D eigenvalue weighted by molar-refractivity contribution is 6.13. The Labute approximate surface area is 185 Å². The minimum Gasteiger partial charge on any atom is -0.489 e. The monoisotopic (exact) mass is 427 g/mol. The number of ether oxygens (including phenoxy) is 3. The van der Waals surface area contributed by atoms with Crippen LogP contribution in [0.25, 0.3) is 0 Å². The zero-order valence-electron chi connectivity index (χ0n) is 17.8. The highest BCUT2D eigenvalue weighted by Gasteiger charge is 2.38. The molecule has 1 unspecified atom stereocenters. The van der Waals surface area contributed by atoms with Crippen molar-refractivity contribution in [2.45, 2.75) is 32.8 Å². The van der Waals surface area contributed by atoms with Crippen LogP contribution in [-0.2, 0) is 11.4 Å². The van der Waals surface area contributed by atoms with Crippen molar-refractivity contribution >= 4 is 11.8 Å². The zero-order chi connectivity index (χ0) is 22.2. The topological polar surface area (TPSA) is 74.7 Å². The van der Waals surface area contributed by atoms with Crippen LogP contribution in [-0.4, -0.2) is 16.7 Å². The van der Waals surface area contributed by atoms with E-state index in [1.54, 1.807) is 24.5 Å². The lowest BCUT2D eigenvalue weighted by Crippen LogP contribution is -2.21. The quantitative estimate of drug-likeness (QED) is 0.332. The van der Waals surface area contributed by atoms with E-state index in [4.69, 9.17) is 14.2 Å². The molecule has 3 aromatic rings. The Hall–Kier alpha value is -3.93. The predicted octanol–water partition coefficient (Wildman–Crippen LogP) is 4.97. The standard InChI is InChI=1S/C26H21NO5/c1-15(2)25-24(29)19-8-9-21-23(26(19)32-25)20(12-22(28)31-21)17-6-3-7-18(11-17)30-14-16-5-4-10-27-13-16/h3-11,13,20H,12,14H2,1-2H3. The molecular weight excluding hydrogens is 406 g/mol. The van der Waals surface area contributed by atoms with Gasteiger partial charge in [0.05, 0.1) is 12.0 Å². The molecule has 5 rings (SSSR count). The van der Waals surface area contributed by atoms with E-state index in [1.165, 1.54) is 0 Å². The summed E-state index contributed by atoms with van der Waals surface area (Å²) in [6.45, 7) is 4.07. The normalized spacial score (nSPS) is 16.7. The van der Waals surface area contributed by atoms with Crippen molar-refractivity contribution in [3.8, 4) is 17.2 Å². The maximum Gasteiger partial charge on any atom is 0.312 e. The van der Waals surface area contributed by atoms with Crippen LogP contribution in [0.5, 0.6) is 17.2 Å². The summed E-state index contributed by atoms with van der Waals surface area (Å²) in [5.74, 6) is 1.13. The molecule has 1 aromatic heterocycles. The molecule has 0 aliphatic carbocycles. The summed E-state index contributed by atoms with van der Waals surface area (Å²) in [6, 6.07) is 14.8. The van der Waals surface area contributed by atoms with Crippen molar-refractivity contribution in [2.24, 2.45) is 0 Å². The number of ketones is 1. The van der Waals surface area contributed by atoms with Gasteiger partial charge >= 0.3 is 5.97 Å². The third kappa shape index (κ3) is 3.54. The van der Waals surface area contributed by atoms with Gasteiger partial charge in [-0.2, -0.15) is 0 Å². The molecule has 3 heterocycles. The number of pyridine rings is 1. The lowest BCUT2D eigenvalue weighted by Gasteiger charge is -2.26. The Kier molecular flexibility index (Phi) is 4.98. The van der Waals surface area contributed by atoms with Gasteiger partial charge in [-0.1, -0.05) is 18.2 Å². The lowest BCUT2D eigenvalue weighted by molar-refractivity contribution is -0.135. The first-order valence-corrected chi connectivity index (χ1v) is 10.4. The van der Waals surface area contributed by atoms with Crippen molar-refractivity contribution in [3.63, 3.8) is 0 Å². The first-order valence-electron chi connectivity index (χ1n) is 10.4. The summed E-state index contributed by atoms with van der Waals surface area (Å²) in [6.07, 6.45) is 3.63. The molecule has 0 spiro atoms.